The first kappa shape index (κ1) is 12.9. The van der Waals surface area contributed by atoms with Gasteiger partial charge in [0.1, 0.15) is 0 Å². The smallest absolute Gasteiger partial charge is 0.308 e. The van der Waals surface area contributed by atoms with E-state index in [-0.39, 0.29) is 6.04 Å². The number of nitrogens with one attached hydrogen (secondary N) is 1. The normalized spacial score (nSPS) is 14.2. The van der Waals surface area contributed by atoms with Crippen LogP contribution in [0, 0.1) is 5.92 Å². The van der Waals surface area contributed by atoms with Crippen LogP contribution in [0.25, 0.3) is 0 Å². The number of carboxylic acid groups (broad SMARTS) is 1. The molecule has 0 fully saturated rings. The monoisotopic (exact) mass is 239 g/mol. The van der Waals surface area contributed by atoms with Crippen LogP contribution in [0.2, 0.25) is 0 Å². The predicted molar refractivity (Wildman–Crippen MR) is 68.1 cm³/mol. The van der Waals surface area contributed by atoms with Crippen molar-refractivity contribution in [3.05, 3.63) is 24.3 Å². The molecule has 2 unspecified atom stereocenters. The number of carboxylic acids is 1. The fraction of sp³-hybridized carbons (Fsp3) is 0.417. The maximum atomic E-state index is 10.8. The van der Waals surface area contributed by atoms with Crippen LogP contribution in [0.1, 0.15) is 13.8 Å². The van der Waals surface area contributed by atoms with Gasteiger partial charge >= 0.3 is 5.97 Å². The number of benzene rings is 1. The first-order chi connectivity index (χ1) is 7.54. The van der Waals surface area contributed by atoms with Gasteiger partial charge in [-0.1, -0.05) is 6.07 Å². The molecule has 2 atom stereocenters. The molecule has 1 aromatic rings. The summed E-state index contributed by atoms with van der Waals surface area (Å²) in [5.41, 5.74) is 0.965. The molecule has 0 bridgehead atoms. The van der Waals surface area contributed by atoms with Crippen LogP contribution < -0.4 is 5.32 Å². The predicted octanol–water partition coefficient (Wildman–Crippen LogP) is 2.93. The van der Waals surface area contributed by atoms with E-state index in [9.17, 15) is 4.79 Å². The highest BCUT2D eigenvalue weighted by atomic mass is 32.2. The Hall–Kier alpha value is -1.16. The van der Waals surface area contributed by atoms with Gasteiger partial charge in [0.2, 0.25) is 0 Å². The molecule has 0 saturated carbocycles. The van der Waals surface area contributed by atoms with E-state index in [4.69, 9.17) is 5.11 Å². The Morgan fingerprint density at radius 3 is 2.69 bits per heavy atom. The number of anilines is 1. The molecule has 1 rings (SSSR count). The van der Waals surface area contributed by atoms with Crippen LogP contribution in [-0.2, 0) is 4.79 Å². The van der Waals surface area contributed by atoms with Gasteiger partial charge in [0, 0.05) is 16.6 Å². The minimum Gasteiger partial charge on any atom is -0.481 e. The quantitative estimate of drug-likeness (QED) is 0.776. The van der Waals surface area contributed by atoms with E-state index >= 15 is 0 Å². The van der Waals surface area contributed by atoms with Crippen molar-refractivity contribution in [2.24, 2.45) is 5.92 Å². The topological polar surface area (TPSA) is 49.3 Å². The third kappa shape index (κ3) is 3.45. The molecule has 16 heavy (non-hydrogen) atoms. The van der Waals surface area contributed by atoms with E-state index in [2.05, 4.69) is 5.32 Å². The molecular weight excluding hydrogens is 222 g/mol. The van der Waals surface area contributed by atoms with Crippen molar-refractivity contribution in [3.63, 3.8) is 0 Å². The van der Waals surface area contributed by atoms with Gasteiger partial charge in [-0.05, 0) is 38.3 Å². The summed E-state index contributed by atoms with van der Waals surface area (Å²) in [5, 5.41) is 12.1. The highest BCUT2D eigenvalue weighted by Gasteiger charge is 2.18. The standard InChI is InChI=1S/C12H17NO2S/c1-8(12(14)15)9(2)13-10-5-4-6-11(7-10)16-3/h4-9,13H,1-3H3,(H,14,15). The van der Waals surface area contributed by atoms with E-state index in [0.717, 1.165) is 5.69 Å². The van der Waals surface area contributed by atoms with Gasteiger partial charge in [0.15, 0.2) is 0 Å². The van der Waals surface area contributed by atoms with Crippen molar-refractivity contribution >= 4 is 23.4 Å². The Kier molecular flexibility index (Phi) is 4.68. The van der Waals surface area contributed by atoms with Crippen LogP contribution in [0.15, 0.2) is 29.2 Å². The summed E-state index contributed by atoms with van der Waals surface area (Å²) in [6.45, 7) is 3.59. The van der Waals surface area contributed by atoms with Crippen molar-refractivity contribution in [3.8, 4) is 0 Å². The Bertz CT molecular complexity index is 368. The van der Waals surface area contributed by atoms with Gasteiger partial charge in [0.05, 0.1) is 5.92 Å². The van der Waals surface area contributed by atoms with Crippen molar-refractivity contribution in [1.82, 2.24) is 0 Å². The maximum Gasteiger partial charge on any atom is 0.308 e. The zero-order valence-electron chi connectivity index (χ0n) is 9.73. The summed E-state index contributed by atoms with van der Waals surface area (Å²) in [6.07, 6.45) is 2.02. The van der Waals surface area contributed by atoms with Crippen LogP contribution in [0.5, 0.6) is 0 Å². The van der Waals surface area contributed by atoms with E-state index in [1.165, 1.54) is 4.90 Å². The molecule has 0 aliphatic carbocycles. The van der Waals surface area contributed by atoms with Gasteiger partial charge in [-0.15, -0.1) is 11.8 Å². The van der Waals surface area contributed by atoms with Crippen molar-refractivity contribution in [2.45, 2.75) is 24.8 Å². The number of thioether (sulfide) groups is 1. The fourth-order valence-electron chi connectivity index (χ4n) is 1.31. The van der Waals surface area contributed by atoms with E-state index in [0.29, 0.717) is 0 Å². The zero-order chi connectivity index (χ0) is 12.1. The lowest BCUT2D eigenvalue weighted by molar-refractivity contribution is -0.141. The minimum absolute atomic E-state index is 0.0883. The minimum atomic E-state index is -0.777. The first-order valence-corrected chi connectivity index (χ1v) is 6.40. The summed E-state index contributed by atoms with van der Waals surface area (Å²) >= 11 is 1.67. The van der Waals surface area contributed by atoms with Crippen LogP contribution in [0.3, 0.4) is 0 Å². The summed E-state index contributed by atoms with van der Waals surface area (Å²) in [7, 11) is 0. The van der Waals surface area contributed by atoms with E-state index in [1.54, 1.807) is 18.7 Å². The van der Waals surface area contributed by atoms with Crippen LogP contribution in [-0.4, -0.2) is 23.4 Å². The summed E-state index contributed by atoms with van der Waals surface area (Å²) in [5.74, 6) is -1.18. The van der Waals surface area contributed by atoms with Crippen molar-refractivity contribution in [1.29, 1.82) is 0 Å². The number of hydrogen-bond acceptors (Lipinski definition) is 3. The van der Waals surface area contributed by atoms with Gasteiger partial charge in [-0.3, -0.25) is 4.79 Å². The lowest BCUT2D eigenvalue weighted by atomic mass is 10.0. The second-order valence-electron chi connectivity index (χ2n) is 3.79. The number of rotatable bonds is 5. The SMILES string of the molecule is CSc1cccc(NC(C)C(C)C(=O)O)c1. The molecule has 88 valence electrons. The van der Waals surface area contributed by atoms with Gasteiger partial charge in [-0.25, -0.2) is 0 Å². The second-order valence-corrected chi connectivity index (χ2v) is 4.67. The molecule has 0 aliphatic rings. The third-order valence-electron chi connectivity index (χ3n) is 2.60. The van der Waals surface area contributed by atoms with E-state index in [1.807, 2.05) is 37.4 Å². The van der Waals surface area contributed by atoms with Crippen molar-refractivity contribution < 1.29 is 9.90 Å². The number of hydrogen-bond donors (Lipinski definition) is 2. The largest absolute Gasteiger partial charge is 0.481 e. The molecular formula is C12H17NO2S. The number of aliphatic carboxylic acids is 1. The highest BCUT2D eigenvalue weighted by molar-refractivity contribution is 7.98. The molecule has 0 aromatic heterocycles. The molecule has 0 saturated heterocycles. The Labute approximate surface area is 100 Å². The maximum absolute atomic E-state index is 10.8. The second kappa shape index (κ2) is 5.80. The van der Waals surface area contributed by atoms with Gasteiger partial charge in [-0.2, -0.15) is 0 Å². The summed E-state index contributed by atoms with van der Waals surface area (Å²) in [4.78, 5) is 12.0. The van der Waals surface area contributed by atoms with Crippen LogP contribution >= 0.6 is 11.8 Å². The third-order valence-corrected chi connectivity index (χ3v) is 3.33. The Morgan fingerprint density at radius 2 is 2.12 bits per heavy atom. The molecule has 0 radical (unpaired) electrons. The first-order valence-electron chi connectivity index (χ1n) is 5.18. The molecule has 0 aliphatic heterocycles. The molecule has 1 aromatic carbocycles. The highest BCUT2D eigenvalue weighted by Crippen LogP contribution is 2.20. The van der Waals surface area contributed by atoms with Crippen molar-refractivity contribution in [2.75, 3.05) is 11.6 Å². The van der Waals surface area contributed by atoms with Gasteiger partial charge < -0.3 is 10.4 Å². The zero-order valence-corrected chi connectivity index (χ0v) is 10.5. The Balaban J connectivity index is 2.68. The molecule has 0 amide bonds. The molecule has 0 heterocycles. The lowest BCUT2D eigenvalue weighted by Gasteiger charge is -2.19. The summed E-state index contributed by atoms with van der Waals surface area (Å²) in [6, 6.07) is 7.88. The lowest BCUT2D eigenvalue weighted by Crippen LogP contribution is -2.29. The molecule has 2 N–H and O–H groups in total. The molecule has 4 heteroatoms. The van der Waals surface area contributed by atoms with E-state index < -0.39 is 11.9 Å². The fourth-order valence-corrected chi connectivity index (χ4v) is 1.77. The number of carbonyl (C=O) groups is 1. The average molecular weight is 239 g/mol. The van der Waals surface area contributed by atoms with Crippen LogP contribution in [0.4, 0.5) is 5.69 Å². The molecule has 3 nitrogen and oxygen atoms in total. The Morgan fingerprint density at radius 1 is 1.44 bits per heavy atom. The summed E-state index contributed by atoms with van der Waals surface area (Å²) < 4.78 is 0. The molecule has 0 spiro atoms. The average Bonchev–Trinajstić information content (AvgIpc) is 2.28. The van der Waals surface area contributed by atoms with Gasteiger partial charge in [0.25, 0.3) is 0 Å².